The summed E-state index contributed by atoms with van der Waals surface area (Å²) in [6.45, 7) is 7.05. The maximum Gasteiger partial charge on any atom is 0.0244 e. The molecule has 0 bridgehead atoms. The van der Waals surface area contributed by atoms with Gasteiger partial charge in [0.2, 0.25) is 0 Å². The van der Waals surface area contributed by atoms with E-state index < -0.39 is 0 Å². The van der Waals surface area contributed by atoms with Crippen LogP contribution in [0.2, 0.25) is 0 Å². The molecule has 0 saturated heterocycles. The minimum atomic E-state index is 0.507. The summed E-state index contributed by atoms with van der Waals surface area (Å²) in [6.07, 6.45) is 4.10. The van der Waals surface area contributed by atoms with E-state index >= 15 is 0 Å². The highest BCUT2D eigenvalue weighted by Gasteiger charge is 2.02. The van der Waals surface area contributed by atoms with Crippen molar-refractivity contribution in [2.75, 3.05) is 25.6 Å². The molecule has 0 aliphatic rings. The fourth-order valence-corrected chi connectivity index (χ4v) is 1.09. The van der Waals surface area contributed by atoms with Gasteiger partial charge in [0.15, 0.2) is 0 Å². The highest BCUT2D eigenvalue weighted by Crippen LogP contribution is 1.98. The van der Waals surface area contributed by atoms with E-state index in [4.69, 9.17) is 0 Å². The summed E-state index contributed by atoms with van der Waals surface area (Å²) < 4.78 is 0. The topological polar surface area (TPSA) is 3.24 Å². The van der Waals surface area contributed by atoms with Crippen molar-refractivity contribution in [2.24, 2.45) is 0 Å². The molecule has 0 rings (SSSR count). The highest BCUT2D eigenvalue weighted by atomic mass is 32.2. The number of thioether (sulfide) groups is 1. The molecule has 10 heavy (non-hydrogen) atoms. The van der Waals surface area contributed by atoms with Gasteiger partial charge in [0, 0.05) is 18.3 Å². The van der Waals surface area contributed by atoms with Crippen LogP contribution in [0.5, 0.6) is 0 Å². The van der Waals surface area contributed by atoms with Crippen molar-refractivity contribution in [3.8, 4) is 0 Å². The Morgan fingerprint density at radius 2 is 2.30 bits per heavy atom. The molecule has 0 fully saturated rings. The van der Waals surface area contributed by atoms with E-state index in [1.54, 1.807) is 0 Å². The van der Waals surface area contributed by atoms with Gasteiger partial charge in [-0.3, -0.25) is 4.90 Å². The molecule has 0 heterocycles. The van der Waals surface area contributed by atoms with Gasteiger partial charge in [0.25, 0.3) is 0 Å². The second-order valence-electron chi connectivity index (χ2n) is 2.45. The standard InChI is InChI=1S/C8H17NS/c1-5-8(2)9(3)6-7-10-4/h5,8H,1,6-7H2,2-4H3. The number of hydrogen-bond donors (Lipinski definition) is 0. The van der Waals surface area contributed by atoms with E-state index in [1.807, 2.05) is 17.8 Å². The number of rotatable bonds is 5. The minimum Gasteiger partial charge on any atom is -0.299 e. The second kappa shape index (κ2) is 5.81. The molecule has 0 saturated carbocycles. The highest BCUT2D eigenvalue weighted by molar-refractivity contribution is 7.98. The Morgan fingerprint density at radius 1 is 1.70 bits per heavy atom. The van der Waals surface area contributed by atoms with E-state index in [2.05, 4.69) is 31.7 Å². The van der Waals surface area contributed by atoms with Crippen molar-refractivity contribution in [2.45, 2.75) is 13.0 Å². The molecule has 2 heteroatoms. The van der Waals surface area contributed by atoms with Gasteiger partial charge in [-0.1, -0.05) is 6.08 Å². The maximum atomic E-state index is 3.74. The van der Waals surface area contributed by atoms with E-state index in [0.29, 0.717) is 6.04 Å². The summed E-state index contributed by atoms with van der Waals surface area (Å²) in [7, 11) is 2.13. The number of nitrogens with zero attached hydrogens (tertiary/aromatic N) is 1. The van der Waals surface area contributed by atoms with Gasteiger partial charge < -0.3 is 0 Å². The Bertz CT molecular complexity index is 93.3. The van der Waals surface area contributed by atoms with E-state index in [1.165, 1.54) is 5.75 Å². The smallest absolute Gasteiger partial charge is 0.0244 e. The van der Waals surface area contributed by atoms with Crippen molar-refractivity contribution in [3.63, 3.8) is 0 Å². The maximum absolute atomic E-state index is 3.74. The summed E-state index contributed by atoms with van der Waals surface area (Å²) in [5, 5.41) is 0. The second-order valence-corrected chi connectivity index (χ2v) is 3.44. The molecule has 0 aliphatic heterocycles. The number of hydrogen-bond acceptors (Lipinski definition) is 2. The molecular formula is C8H17NS. The first kappa shape index (κ1) is 10.0. The van der Waals surface area contributed by atoms with Gasteiger partial charge in [-0.2, -0.15) is 11.8 Å². The molecular weight excluding hydrogens is 142 g/mol. The molecule has 0 aliphatic carbocycles. The van der Waals surface area contributed by atoms with Crippen LogP contribution in [0.25, 0.3) is 0 Å². The largest absolute Gasteiger partial charge is 0.299 e. The number of likely N-dealkylation sites (N-methyl/N-ethyl adjacent to an activating group) is 1. The predicted octanol–water partition coefficient (Wildman–Crippen LogP) is 1.86. The molecule has 1 atom stereocenters. The molecule has 0 spiro atoms. The van der Waals surface area contributed by atoms with Crippen molar-refractivity contribution < 1.29 is 0 Å². The van der Waals surface area contributed by atoms with E-state index in [9.17, 15) is 0 Å². The zero-order chi connectivity index (χ0) is 7.98. The first-order valence-electron chi connectivity index (χ1n) is 3.54. The van der Waals surface area contributed by atoms with Crippen LogP contribution in [0.1, 0.15) is 6.92 Å². The molecule has 0 N–H and O–H groups in total. The molecule has 1 unspecified atom stereocenters. The molecule has 0 aromatic heterocycles. The minimum absolute atomic E-state index is 0.507. The first-order valence-corrected chi connectivity index (χ1v) is 4.93. The van der Waals surface area contributed by atoms with Gasteiger partial charge in [0.1, 0.15) is 0 Å². The van der Waals surface area contributed by atoms with Crippen LogP contribution >= 0.6 is 11.8 Å². The van der Waals surface area contributed by atoms with Gasteiger partial charge in [-0.15, -0.1) is 6.58 Å². The average Bonchev–Trinajstić information content (AvgIpc) is 1.98. The lowest BCUT2D eigenvalue weighted by molar-refractivity contribution is 0.316. The summed E-state index contributed by atoms with van der Waals surface area (Å²) in [5.74, 6) is 1.20. The first-order chi connectivity index (χ1) is 4.72. The fourth-order valence-electron chi connectivity index (χ4n) is 0.619. The normalized spacial score (nSPS) is 13.6. The van der Waals surface area contributed by atoms with Gasteiger partial charge >= 0.3 is 0 Å². The monoisotopic (exact) mass is 159 g/mol. The Morgan fingerprint density at radius 3 is 2.70 bits per heavy atom. The third-order valence-corrected chi connectivity index (χ3v) is 2.28. The zero-order valence-electron chi connectivity index (χ0n) is 7.13. The van der Waals surface area contributed by atoms with Crippen molar-refractivity contribution in [1.29, 1.82) is 0 Å². The van der Waals surface area contributed by atoms with Crippen LogP contribution in [0, 0.1) is 0 Å². The van der Waals surface area contributed by atoms with Crippen LogP contribution in [-0.2, 0) is 0 Å². The fraction of sp³-hybridized carbons (Fsp3) is 0.750. The van der Waals surface area contributed by atoms with Gasteiger partial charge in [-0.05, 0) is 20.2 Å². The lowest BCUT2D eigenvalue weighted by atomic mass is 10.3. The Kier molecular flexibility index (Phi) is 5.84. The third-order valence-electron chi connectivity index (χ3n) is 1.68. The average molecular weight is 159 g/mol. The Hall–Kier alpha value is 0.0500. The van der Waals surface area contributed by atoms with Crippen LogP contribution in [0.15, 0.2) is 12.7 Å². The molecule has 1 nitrogen and oxygen atoms in total. The zero-order valence-corrected chi connectivity index (χ0v) is 7.95. The Balaban J connectivity index is 3.40. The molecule has 60 valence electrons. The summed E-state index contributed by atoms with van der Waals surface area (Å²) in [5.41, 5.74) is 0. The van der Waals surface area contributed by atoms with Crippen LogP contribution < -0.4 is 0 Å². The van der Waals surface area contributed by atoms with Crippen molar-refractivity contribution >= 4 is 11.8 Å². The summed E-state index contributed by atoms with van der Waals surface area (Å²) >= 11 is 1.88. The SMILES string of the molecule is C=CC(C)N(C)CCSC. The van der Waals surface area contributed by atoms with Crippen molar-refractivity contribution in [3.05, 3.63) is 12.7 Å². The predicted molar refractivity (Wildman–Crippen MR) is 50.7 cm³/mol. The van der Waals surface area contributed by atoms with Gasteiger partial charge in [0.05, 0.1) is 0 Å². The van der Waals surface area contributed by atoms with E-state index in [-0.39, 0.29) is 0 Å². The quantitative estimate of drug-likeness (QED) is 0.563. The lowest BCUT2D eigenvalue weighted by Crippen LogP contribution is -2.29. The van der Waals surface area contributed by atoms with E-state index in [0.717, 1.165) is 6.54 Å². The van der Waals surface area contributed by atoms with Crippen molar-refractivity contribution in [1.82, 2.24) is 4.90 Å². The van der Waals surface area contributed by atoms with Crippen LogP contribution in [0.3, 0.4) is 0 Å². The van der Waals surface area contributed by atoms with Gasteiger partial charge in [-0.25, -0.2) is 0 Å². The third kappa shape index (κ3) is 3.96. The molecule has 0 radical (unpaired) electrons. The summed E-state index contributed by atoms with van der Waals surface area (Å²) in [6, 6.07) is 0.507. The van der Waals surface area contributed by atoms with Crippen LogP contribution in [-0.4, -0.2) is 36.5 Å². The summed E-state index contributed by atoms with van der Waals surface area (Å²) in [4.78, 5) is 2.30. The molecule has 0 aromatic carbocycles. The molecule has 0 aromatic rings. The molecule has 0 amide bonds. The Labute approximate surface area is 68.5 Å². The lowest BCUT2D eigenvalue weighted by Gasteiger charge is -2.20. The van der Waals surface area contributed by atoms with Crippen LogP contribution in [0.4, 0.5) is 0 Å².